The molecule has 6 nitrogen and oxygen atoms in total. The Kier molecular flexibility index (Phi) is 5.12. The van der Waals surface area contributed by atoms with Crippen molar-refractivity contribution < 1.29 is 4.79 Å². The van der Waals surface area contributed by atoms with Crippen LogP contribution in [0.3, 0.4) is 0 Å². The number of amides is 1. The second-order valence-electron chi connectivity index (χ2n) is 5.43. The molecule has 1 saturated heterocycles. The number of aryl methyl sites for hydroxylation is 1. The number of rotatable bonds is 4. The Labute approximate surface area is 126 Å². The molecular weight excluding hydrogens is 266 g/mol. The van der Waals surface area contributed by atoms with Gasteiger partial charge in [0.2, 0.25) is 5.91 Å². The molecular formula is C15H25N5O. The second-order valence-corrected chi connectivity index (χ2v) is 5.43. The molecule has 2 rings (SSSR count). The van der Waals surface area contributed by atoms with Crippen molar-refractivity contribution in [2.45, 2.75) is 39.7 Å². The van der Waals surface area contributed by atoms with Crippen LogP contribution >= 0.6 is 0 Å². The fourth-order valence-corrected chi connectivity index (χ4v) is 2.87. The molecule has 1 amide bonds. The number of likely N-dealkylation sites (N-methyl/N-ethyl adjacent to an activating group) is 1. The number of hydrogen-bond donors (Lipinski definition) is 1. The minimum Gasteiger partial charge on any atom is -0.345 e. The summed E-state index contributed by atoms with van der Waals surface area (Å²) in [5, 5.41) is 8.73. The Morgan fingerprint density at radius 1 is 1.14 bits per heavy atom. The maximum atomic E-state index is 12.1. The SMILES string of the molecule is CCc1nnc(N2CCCN(C)C(=O)C2)c(CN)c1CC. The van der Waals surface area contributed by atoms with E-state index in [0.717, 1.165) is 49.4 Å². The summed E-state index contributed by atoms with van der Waals surface area (Å²) in [5.74, 6) is 0.907. The molecule has 0 spiro atoms. The number of carbonyl (C=O) groups excluding carboxylic acids is 1. The van der Waals surface area contributed by atoms with Crippen LogP contribution in [0.2, 0.25) is 0 Å². The Bertz CT molecular complexity index is 517. The molecule has 0 atom stereocenters. The van der Waals surface area contributed by atoms with E-state index >= 15 is 0 Å². The highest BCUT2D eigenvalue weighted by Gasteiger charge is 2.24. The first-order valence-corrected chi connectivity index (χ1v) is 7.68. The number of nitrogens with zero attached hydrogens (tertiary/aromatic N) is 4. The Balaban J connectivity index is 2.41. The topological polar surface area (TPSA) is 75.4 Å². The number of nitrogens with two attached hydrogens (primary N) is 1. The highest BCUT2D eigenvalue weighted by Crippen LogP contribution is 2.24. The summed E-state index contributed by atoms with van der Waals surface area (Å²) < 4.78 is 0. The quantitative estimate of drug-likeness (QED) is 0.885. The van der Waals surface area contributed by atoms with Crippen molar-refractivity contribution in [2.24, 2.45) is 5.73 Å². The van der Waals surface area contributed by atoms with Crippen molar-refractivity contribution in [3.63, 3.8) is 0 Å². The molecule has 1 aromatic heterocycles. The fourth-order valence-electron chi connectivity index (χ4n) is 2.87. The molecule has 0 unspecified atom stereocenters. The van der Waals surface area contributed by atoms with Crippen LogP contribution in [0.1, 0.15) is 37.1 Å². The van der Waals surface area contributed by atoms with Crippen LogP contribution in [0.15, 0.2) is 0 Å². The van der Waals surface area contributed by atoms with Gasteiger partial charge in [-0.2, -0.15) is 5.10 Å². The predicted molar refractivity (Wildman–Crippen MR) is 83.1 cm³/mol. The van der Waals surface area contributed by atoms with Crippen molar-refractivity contribution >= 4 is 11.7 Å². The molecule has 0 radical (unpaired) electrons. The van der Waals surface area contributed by atoms with Gasteiger partial charge in [0, 0.05) is 32.2 Å². The van der Waals surface area contributed by atoms with Crippen molar-refractivity contribution in [3.8, 4) is 0 Å². The smallest absolute Gasteiger partial charge is 0.241 e. The van der Waals surface area contributed by atoms with Gasteiger partial charge in [-0.25, -0.2) is 0 Å². The van der Waals surface area contributed by atoms with E-state index in [2.05, 4.69) is 24.0 Å². The van der Waals surface area contributed by atoms with Gasteiger partial charge in [0.1, 0.15) is 0 Å². The van der Waals surface area contributed by atoms with Gasteiger partial charge in [0.15, 0.2) is 5.82 Å². The summed E-state index contributed by atoms with van der Waals surface area (Å²) in [6.07, 6.45) is 2.68. The first-order valence-electron chi connectivity index (χ1n) is 7.68. The molecule has 116 valence electrons. The summed E-state index contributed by atoms with van der Waals surface area (Å²) in [6.45, 7) is 6.57. The Hall–Kier alpha value is -1.69. The lowest BCUT2D eigenvalue weighted by Gasteiger charge is -2.24. The van der Waals surface area contributed by atoms with E-state index in [1.807, 2.05) is 11.9 Å². The summed E-state index contributed by atoms with van der Waals surface area (Å²) in [6, 6.07) is 0. The van der Waals surface area contributed by atoms with Gasteiger partial charge in [0.25, 0.3) is 0 Å². The van der Waals surface area contributed by atoms with E-state index in [4.69, 9.17) is 5.73 Å². The summed E-state index contributed by atoms with van der Waals surface area (Å²) in [4.78, 5) is 15.9. The zero-order valence-electron chi connectivity index (χ0n) is 13.2. The molecule has 0 bridgehead atoms. The summed E-state index contributed by atoms with van der Waals surface area (Å²) >= 11 is 0. The zero-order valence-corrected chi connectivity index (χ0v) is 13.2. The van der Waals surface area contributed by atoms with Crippen LogP contribution in [-0.2, 0) is 24.2 Å². The lowest BCUT2D eigenvalue weighted by molar-refractivity contribution is -0.127. The van der Waals surface area contributed by atoms with Crippen LogP contribution in [0, 0.1) is 0 Å². The first kappa shape index (κ1) is 15.7. The fraction of sp³-hybridized carbons (Fsp3) is 0.667. The highest BCUT2D eigenvalue weighted by atomic mass is 16.2. The molecule has 1 aliphatic heterocycles. The van der Waals surface area contributed by atoms with Crippen molar-refractivity contribution in [1.82, 2.24) is 15.1 Å². The Morgan fingerprint density at radius 3 is 2.52 bits per heavy atom. The maximum Gasteiger partial charge on any atom is 0.241 e. The molecule has 0 aliphatic carbocycles. The number of anilines is 1. The van der Waals surface area contributed by atoms with Crippen molar-refractivity contribution in [2.75, 3.05) is 31.6 Å². The molecule has 1 aromatic rings. The van der Waals surface area contributed by atoms with Crippen LogP contribution in [0.4, 0.5) is 5.82 Å². The molecule has 6 heteroatoms. The second kappa shape index (κ2) is 6.85. The standard InChI is InChI=1S/C15H25N5O/c1-4-11-12(9-16)15(18-17-13(11)5-2)20-8-6-7-19(3)14(21)10-20/h4-10,16H2,1-3H3. The summed E-state index contributed by atoms with van der Waals surface area (Å²) in [7, 11) is 1.85. The van der Waals surface area contributed by atoms with Gasteiger partial charge in [-0.15, -0.1) is 5.10 Å². The van der Waals surface area contributed by atoms with Crippen molar-refractivity contribution in [3.05, 3.63) is 16.8 Å². The number of carbonyl (C=O) groups is 1. The average Bonchev–Trinajstić information content (AvgIpc) is 2.67. The van der Waals surface area contributed by atoms with Crippen molar-refractivity contribution in [1.29, 1.82) is 0 Å². The molecule has 2 heterocycles. The van der Waals surface area contributed by atoms with Gasteiger partial charge in [-0.3, -0.25) is 4.79 Å². The molecule has 1 aliphatic rings. The molecule has 0 saturated carbocycles. The van der Waals surface area contributed by atoms with E-state index in [1.54, 1.807) is 4.90 Å². The normalized spacial score (nSPS) is 16.3. The highest BCUT2D eigenvalue weighted by molar-refractivity contribution is 5.81. The zero-order chi connectivity index (χ0) is 15.4. The number of aromatic nitrogens is 2. The van der Waals surface area contributed by atoms with E-state index in [0.29, 0.717) is 13.1 Å². The molecule has 2 N–H and O–H groups in total. The third-order valence-corrected chi connectivity index (χ3v) is 4.11. The lowest BCUT2D eigenvalue weighted by Crippen LogP contribution is -2.35. The predicted octanol–water partition coefficient (Wildman–Crippen LogP) is 0.729. The van der Waals surface area contributed by atoms with E-state index in [-0.39, 0.29) is 5.91 Å². The first-order chi connectivity index (χ1) is 10.1. The third-order valence-electron chi connectivity index (χ3n) is 4.11. The lowest BCUT2D eigenvalue weighted by atomic mass is 10.0. The van der Waals surface area contributed by atoms with E-state index < -0.39 is 0 Å². The van der Waals surface area contributed by atoms with Crippen LogP contribution in [0.25, 0.3) is 0 Å². The van der Waals surface area contributed by atoms with Gasteiger partial charge in [0.05, 0.1) is 12.2 Å². The maximum absolute atomic E-state index is 12.1. The van der Waals surface area contributed by atoms with Gasteiger partial charge in [-0.05, 0) is 24.8 Å². The van der Waals surface area contributed by atoms with Crippen LogP contribution in [-0.4, -0.2) is 47.7 Å². The molecule has 1 fully saturated rings. The monoisotopic (exact) mass is 291 g/mol. The van der Waals surface area contributed by atoms with E-state index in [9.17, 15) is 4.79 Å². The third kappa shape index (κ3) is 3.15. The van der Waals surface area contributed by atoms with Gasteiger partial charge in [-0.1, -0.05) is 13.8 Å². The van der Waals surface area contributed by atoms with Gasteiger partial charge < -0.3 is 15.5 Å². The van der Waals surface area contributed by atoms with E-state index in [1.165, 1.54) is 5.56 Å². The molecule has 21 heavy (non-hydrogen) atoms. The van der Waals surface area contributed by atoms with Crippen LogP contribution < -0.4 is 10.6 Å². The minimum absolute atomic E-state index is 0.120. The summed E-state index contributed by atoms with van der Waals surface area (Å²) in [5.41, 5.74) is 9.22. The minimum atomic E-state index is 0.120. The molecule has 0 aromatic carbocycles. The van der Waals surface area contributed by atoms with Crippen LogP contribution in [0.5, 0.6) is 0 Å². The number of hydrogen-bond acceptors (Lipinski definition) is 5. The Morgan fingerprint density at radius 2 is 1.90 bits per heavy atom. The largest absolute Gasteiger partial charge is 0.345 e. The van der Waals surface area contributed by atoms with Gasteiger partial charge >= 0.3 is 0 Å². The average molecular weight is 291 g/mol.